The minimum atomic E-state index is -0.240. The fourth-order valence-corrected chi connectivity index (χ4v) is 2.91. The highest BCUT2D eigenvalue weighted by atomic mass is 19.1. The third-order valence-electron chi connectivity index (χ3n) is 3.76. The highest BCUT2D eigenvalue weighted by molar-refractivity contribution is 6.00. The molecule has 0 aromatic heterocycles. The Morgan fingerprint density at radius 3 is 3.00 bits per heavy atom. The first kappa shape index (κ1) is 11.7. The van der Waals surface area contributed by atoms with Crippen LogP contribution in [0.25, 0.3) is 0 Å². The Morgan fingerprint density at radius 1 is 1.33 bits per heavy atom. The number of benzene rings is 1. The van der Waals surface area contributed by atoms with E-state index in [4.69, 9.17) is 0 Å². The van der Waals surface area contributed by atoms with E-state index in [-0.39, 0.29) is 11.7 Å². The maximum Gasteiger partial charge on any atom is 0.228 e. The zero-order valence-electron chi connectivity index (χ0n) is 10.3. The first-order valence-corrected chi connectivity index (χ1v) is 6.57. The third-order valence-corrected chi connectivity index (χ3v) is 3.76. The van der Waals surface area contributed by atoms with Crippen molar-refractivity contribution in [1.82, 2.24) is 5.32 Å². The van der Waals surface area contributed by atoms with Crippen LogP contribution in [0.3, 0.4) is 0 Å². The quantitative estimate of drug-likeness (QED) is 0.840. The summed E-state index contributed by atoms with van der Waals surface area (Å²) in [4.78, 5) is 11.4. The molecule has 1 amide bonds. The van der Waals surface area contributed by atoms with E-state index in [1.165, 1.54) is 18.9 Å². The normalized spacial score (nSPS) is 22.7. The summed E-state index contributed by atoms with van der Waals surface area (Å²) in [6.07, 6.45) is 4.66. The van der Waals surface area contributed by atoms with Crippen molar-refractivity contribution >= 4 is 11.6 Å². The molecular weight excluding hydrogens is 231 g/mol. The number of carbonyl (C=O) groups is 1. The number of hydrogen-bond acceptors (Lipinski definition) is 2. The lowest BCUT2D eigenvalue weighted by Gasteiger charge is -2.24. The van der Waals surface area contributed by atoms with Crippen molar-refractivity contribution in [3.63, 3.8) is 0 Å². The first-order valence-electron chi connectivity index (χ1n) is 6.57. The number of piperidine rings is 1. The van der Waals surface area contributed by atoms with E-state index < -0.39 is 0 Å². The van der Waals surface area contributed by atoms with Crippen LogP contribution in [0.5, 0.6) is 0 Å². The number of anilines is 1. The maximum absolute atomic E-state index is 13.5. The lowest BCUT2D eigenvalue weighted by molar-refractivity contribution is -0.115. The number of nitrogens with one attached hydrogen (secondary N) is 2. The van der Waals surface area contributed by atoms with Gasteiger partial charge in [0.05, 0.1) is 6.42 Å². The zero-order valence-corrected chi connectivity index (χ0v) is 10.3. The molecule has 1 saturated heterocycles. The molecule has 18 heavy (non-hydrogen) atoms. The Labute approximate surface area is 106 Å². The lowest BCUT2D eigenvalue weighted by atomic mass is 9.95. The average Bonchev–Trinajstić information content (AvgIpc) is 2.71. The number of fused-ring (bicyclic) bond motifs is 1. The van der Waals surface area contributed by atoms with Crippen LogP contribution in [-0.4, -0.2) is 18.5 Å². The van der Waals surface area contributed by atoms with Crippen molar-refractivity contribution in [2.75, 3.05) is 11.9 Å². The Balaban J connectivity index is 1.85. The monoisotopic (exact) mass is 248 g/mol. The van der Waals surface area contributed by atoms with Gasteiger partial charge in [-0.3, -0.25) is 4.79 Å². The third kappa shape index (κ3) is 2.25. The van der Waals surface area contributed by atoms with Crippen LogP contribution < -0.4 is 10.6 Å². The molecular formula is C14H17FN2O. The number of rotatable bonds is 2. The summed E-state index contributed by atoms with van der Waals surface area (Å²) in [7, 11) is 0. The Morgan fingerprint density at radius 2 is 2.22 bits per heavy atom. The maximum atomic E-state index is 13.5. The van der Waals surface area contributed by atoms with Crippen LogP contribution in [0.1, 0.15) is 30.4 Å². The number of carbonyl (C=O) groups excluding carboxylic acids is 1. The van der Waals surface area contributed by atoms with E-state index in [1.807, 2.05) is 0 Å². The van der Waals surface area contributed by atoms with Gasteiger partial charge in [-0.05, 0) is 49.1 Å². The topological polar surface area (TPSA) is 41.1 Å². The highest BCUT2D eigenvalue weighted by Crippen LogP contribution is 2.30. The van der Waals surface area contributed by atoms with E-state index in [0.717, 1.165) is 36.2 Å². The number of amides is 1. The highest BCUT2D eigenvalue weighted by Gasteiger charge is 2.23. The molecule has 1 atom stereocenters. The van der Waals surface area contributed by atoms with Crippen LogP contribution in [0.2, 0.25) is 0 Å². The van der Waals surface area contributed by atoms with Crippen molar-refractivity contribution in [1.29, 1.82) is 0 Å². The molecule has 3 nitrogen and oxygen atoms in total. The van der Waals surface area contributed by atoms with Gasteiger partial charge in [-0.25, -0.2) is 4.39 Å². The van der Waals surface area contributed by atoms with Gasteiger partial charge in [-0.1, -0.05) is 6.42 Å². The van der Waals surface area contributed by atoms with Gasteiger partial charge in [0, 0.05) is 11.7 Å². The molecule has 0 saturated carbocycles. The van der Waals surface area contributed by atoms with Crippen LogP contribution in [0.4, 0.5) is 10.1 Å². The minimum absolute atomic E-state index is 0.0338. The van der Waals surface area contributed by atoms with Crippen molar-refractivity contribution < 1.29 is 9.18 Å². The van der Waals surface area contributed by atoms with Gasteiger partial charge >= 0.3 is 0 Å². The second-order valence-electron chi connectivity index (χ2n) is 5.17. The zero-order chi connectivity index (χ0) is 12.5. The van der Waals surface area contributed by atoms with Gasteiger partial charge in [0.2, 0.25) is 5.91 Å². The van der Waals surface area contributed by atoms with Gasteiger partial charge in [0.1, 0.15) is 5.82 Å². The van der Waals surface area contributed by atoms with Gasteiger partial charge in [-0.2, -0.15) is 0 Å². The summed E-state index contributed by atoms with van der Waals surface area (Å²) in [5, 5.41) is 6.30. The summed E-state index contributed by atoms with van der Waals surface area (Å²) in [6, 6.07) is 3.42. The molecule has 1 unspecified atom stereocenters. The molecule has 0 spiro atoms. The molecule has 2 aliphatic rings. The predicted octanol–water partition coefficient (Wildman–Crippen LogP) is 2.00. The minimum Gasteiger partial charge on any atom is -0.325 e. The number of hydrogen-bond donors (Lipinski definition) is 2. The molecule has 2 aliphatic heterocycles. The first-order chi connectivity index (χ1) is 8.72. The molecule has 0 bridgehead atoms. The van der Waals surface area contributed by atoms with E-state index in [2.05, 4.69) is 10.6 Å². The van der Waals surface area contributed by atoms with Crippen molar-refractivity contribution in [2.24, 2.45) is 0 Å². The second-order valence-corrected chi connectivity index (χ2v) is 5.17. The molecule has 1 aromatic carbocycles. The van der Waals surface area contributed by atoms with Crippen molar-refractivity contribution in [3.05, 3.63) is 29.1 Å². The van der Waals surface area contributed by atoms with Gasteiger partial charge in [-0.15, -0.1) is 0 Å². The summed E-state index contributed by atoms with van der Waals surface area (Å²) < 4.78 is 13.5. The van der Waals surface area contributed by atoms with Crippen molar-refractivity contribution in [2.45, 2.75) is 38.1 Å². The Hall–Kier alpha value is -1.42. The average molecular weight is 248 g/mol. The SMILES string of the molecule is O=C1Cc2cc(F)cc(CC3CCCCN3)c2N1. The molecule has 0 radical (unpaired) electrons. The second kappa shape index (κ2) is 4.69. The molecule has 2 N–H and O–H groups in total. The molecule has 2 heterocycles. The van der Waals surface area contributed by atoms with E-state index in [1.54, 1.807) is 6.07 Å². The molecule has 1 fully saturated rings. The summed E-state index contributed by atoms with van der Waals surface area (Å²) >= 11 is 0. The van der Waals surface area contributed by atoms with Gasteiger partial charge in [0.25, 0.3) is 0 Å². The standard InChI is InChI=1S/C14H17FN2O/c15-11-5-9(7-12-3-1-2-4-16-12)14-10(6-11)8-13(18)17-14/h5-6,12,16H,1-4,7-8H2,(H,17,18). The van der Waals surface area contributed by atoms with E-state index in [9.17, 15) is 9.18 Å². The van der Waals surface area contributed by atoms with Crippen LogP contribution in [0.15, 0.2) is 12.1 Å². The van der Waals surface area contributed by atoms with Gasteiger partial charge < -0.3 is 10.6 Å². The molecule has 96 valence electrons. The van der Waals surface area contributed by atoms with Crippen LogP contribution in [-0.2, 0) is 17.6 Å². The van der Waals surface area contributed by atoms with E-state index in [0.29, 0.717) is 12.5 Å². The smallest absolute Gasteiger partial charge is 0.228 e. The fraction of sp³-hybridized carbons (Fsp3) is 0.500. The molecule has 3 rings (SSSR count). The largest absolute Gasteiger partial charge is 0.325 e. The fourth-order valence-electron chi connectivity index (χ4n) is 2.91. The Bertz CT molecular complexity index is 481. The Kier molecular flexibility index (Phi) is 3.04. The predicted molar refractivity (Wildman–Crippen MR) is 68.1 cm³/mol. The van der Waals surface area contributed by atoms with Crippen molar-refractivity contribution in [3.8, 4) is 0 Å². The summed E-state index contributed by atoms with van der Waals surface area (Å²) in [5.41, 5.74) is 2.56. The molecule has 1 aromatic rings. The number of halogens is 1. The lowest BCUT2D eigenvalue weighted by Crippen LogP contribution is -2.35. The van der Waals surface area contributed by atoms with Crippen LogP contribution >= 0.6 is 0 Å². The summed E-state index contributed by atoms with van der Waals surface area (Å²) in [6.45, 7) is 1.04. The summed E-state index contributed by atoms with van der Waals surface area (Å²) in [5.74, 6) is -0.274. The van der Waals surface area contributed by atoms with Crippen LogP contribution in [0, 0.1) is 5.82 Å². The van der Waals surface area contributed by atoms with E-state index >= 15 is 0 Å². The molecule has 4 heteroatoms. The van der Waals surface area contributed by atoms with Gasteiger partial charge in [0.15, 0.2) is 0 Å². The molecule has 0 aliphatic carbocycles.